The fourth-order valence-corrected chi connectivity index (χ4v) is 4.77. The summed E-state index contributed by atoms with van der Waals surface area (Å²) in [4.78, 5) is 0. The van der Waals surface area contributed by atoms with Crippen molar-refractivity contribution in [2.24, 2.45) is 5.92 Å². The molecule has 0 saturated carbocycles. The van der Waals surface area contributed by atoms with Gasteiger partial charge in [0.1, 0.15) is 4.21 Å². The lowest BCUT2D eigenvalue weighted by Crippen LogP contribution is -2.38. The second-order valence-corrected chi connectivity index (χ2v) is 7.40. The van der Waals surface area contributed by atoms with Crippen LogP contribution in [0, 0.1) is 5.92 Å². The molecule has 0 aliphatic carbocycles. The first kappa shape index (κ1) is 13.0. The quantitative estimate of drug-likeness (QED) is 0.906. The molecule has 1 aliphatic heterocycles. The number of thiophene rings is 1. The van der Waals surface area contributed by atoms with Gasteiger partial charge in [-0.05, 0) is 36.6 Å². The van der Waals surface area contributed by atoms with Crippen molar-refractivity contribution in [1.82, 2.24) is 4.31 Å². The Morgan fingerprint density at radius 3 is 2.65 bits per heavy atom. The van der Waals surface area contributed by atoms with Crippen LogP contribution in [0.1, 0.15) is 19.3 Å². The summed E-state index contributed by atoms with van der Waals surface area (Å²) in [5.41, 5.74) is 0. The van der Waals surface area contributed by atoms with Crippen molar-refractivity contribution < 1.29 is 13.5 Å². The highest BCUT2D eigenvalue weighted by atomic mass is 32.2. The van der Waals surface area contributed by atoms with Gasteiger partial charge in [-0.3, -0.25) is 0 Å². The predicted molar refractivity (Wildman–Crippen MR) is 67.5 cm³/mol. The number of nitrogens with zero attached hydrogens (tertiary/aromatic N) is 1. The Morgan fingerprint density at radius 2 is 2.12 bits per heavy atom. The lowest BCUT2D eigenvalue weighted by Gasteiger charge is -2.30. The van der Waals surface area contributed by atoms with Crippen LogP contribution in [0.5, 0.6) is 0 Å². The standard InChI is InChI=1S/C11H17NO3S2/c13-8-5-10-3-6-12(7-4-10)17(14,15)11-2-1-9-16-11/h1-2,9-10,13H,3-8H2. The summed E-state index contributed by atoms with van der Waals surface area (Å²) in [6, 6.07) is 3.41. The third-order valence-corrected chi connectivity index (χ3v) is 6.47. The molecule has 0 spiro atoms. The zero-order valence-electron chi connectivity index (χ0n) is 9.58. The van der Waals surface area contributed by atoms with E-state index in [-0.39, 0.29) is 6.61 Å². The van der Waals surface area contributed by atoms with Gasteiger partial charge in [0.05, 0.1) is 0 Å². The zero-order valence-corrected chi connectivity index (χ0v) is 11.2. The van der Waals surface area contributed by atoms with Crippen LogP contribution in [-0.4, -0.2) is 37.5 Å². The SMILES string of the molecule is O=S(=O)(c1cccs1)N1CCC(CCO)CC1. The Kier molecular flexibility index (Phi) is 4.19. The van der Waals surface area contributed by atoms with E-state index in [2.05, 4.69) is 0 Å². The monoisotopic (exact) mass is 275 g/mol. The van der Waals surface area contributed by atoms with Crippen molar-refractivity contribution in [2.75, 3.05) is 19.7 Å². The van der Waals surface area contributed by atoms with Crippen LogP contribution in [0.15, 0.2) is 21.7 Å². The molecular formula is C11H17NO3S2. The second kappa shape index (κ2) is 5.48. The van der Waals surface area contributed by atoms with Crippen LogP contribution in [-0.2, 0) is 10.0 Å². The zero-order chi connectivity index (χ0) is 12.3. The first-order valence-corrected chi connectivity index (χ1v) is 8.11. The smallest absolute Gasteiger partial charge is 0.252 e. The molecule has 96 valence electrons. The average molecular weight is 275 g/mol. The van der Waals surface area contributed by atoms with Gasteiger partial charge < -0.3 is 5.11 Å². The van der Waals surface area contributed by atoms with Crippen molar-refractivity contribution in [2.45, 2.75) is 23.5 Å². The summed E-state index contributed by atoms with van der Waals surface area (Å²) in [6.45, 7) is 1.35. The summed E-state index contributed by atoms with van der Waals surface area (Å²) in [5, 5.41) is 10.6. The molecule has 0 unspecified atom stereocenters. The minimum atomic E-state index is -3.27. The van der Waals surface area contributed by atoms with Gasteiger partial charge in [0, 0.05) is 19.7 Å². The Hall–Kier alpha value is -0.430. The van der Waals surface area contributed by atoms with E-state index in [1.807, 2.05) is 0 Å². The van der Waals surface area contributed by atoms with Crippen LogP contribution in [0.3, 0.4) is 0 Å². The Bertz CT molecular complexity index is 433. The molecule has 1 N–H and O–H groups in total. The van der Waals surface area contributed by atoms with Crippen LogP contribution in [0.2, 0.25) is 0 Å². The van der Waals surface area contributed by atoms with Gasteiger partial charge in [-0.1, -0.05) is 6.07 Å². The van der Waals surface area contributed by atoms with Gasteiger partial charge in [-0.15, -0.1) is 11.3 Å². The van der Waals surface area contributed by atoms with Gasteiger partial charge in [-0.25, -0.2) is 8.42 Å². The van der Waals surface area contributed by atoms with E-state index in [0.29, 0.717) is 23.2 Å². The van der Waals surface area contributed by atoms with E-state index >= 15 is 0 Å². The summed E-state index contributed by atoms with van der Waals surface area (Å²) >= 11 is 1.26. The van der Waals surface area contributed by atoms with Gasteiger partial charge >= 0.3 is 0 Å². The summed E-state index contributed by atoms with van der Waals surface area (Å²) in [6.07, 6.45) is 2.49. The third-order valence-electron chi connectivity index (χ3n) is 3.20. The lowest BCUT2D eigenvalue weighted by molar-refractivity contribution is 0.208. The third kappa shape index (κ3) is 2.88. The second-order valence-electron chi connectivity index (χ2n) is 4.29. The van der Waals surface area contributed by atoms with Crippen molar-refractivity contribution in [3.63, 3.8) is 0 Å². The van der Waals surface area contributed by atoms with Crippen LogP contribution in [0.4, 0.5) is 0 Å². The number of aliphatic hydroxyl groups excluding tert-OH is 1. The van der Waals surface area contributed by atoms with Gasteiger partial charge in [-0.2, -0.15) is 4.31 Å². The molecule has 1 aromatic heterocycles. The van der Waals surface area contributed by atoms with Crippen molar-refractivity contribution >= 4 is 21.4 Å². The molecular weight excluding hydrogens is 258 g/mol. The average Bonchev–Trinajstić information content (AvgIpc) is 2.84. The highest BCUT2D eigenvalue weighted by Gasteiger charge is 2.29. The molecule has 0 aromatic carbocycles. The Morgan fingerprint density at radius 1 is 1.41 bits per heavy atom. The highest BCUT2D eigenvalue weighted by Crippen LogP contribution is 2.27. The molecule has 0 bridgehead atoms. The molecule has 0 atom stereocenters. The molecule has 1 aliphatic rings. The molecule has 1 fully saturated rings. The summed E-state index contributed by atoms with van der Waals surface area (Å²) < 4.78 is 26.4. The molecule has 4 nitrogen and oxygen atoms in total. The molecule has 2 rings (SSSR count). The number of aliphatic hydroxyl groups is 1. The maximum absolute atomic E-state index is 12.2. The number of sulfonamides is 1. The van der Waals surface area contributed by atoms with E-state index in [0.717, 1.165) is 19.3 Å². The Labute approximate surface area is 106 Å². The fraction of sp³-hybridized carbons (Fsp3) is 0.636. The molecule has 17 heavy (non-hydrogen) atoms. The molecule has 1 saturated heterocycles. The van der Waals surface area contributed by atoms with Gasteiger partial charge in [0.15, 0.2) is 0 Å². The number of hydrogen-bond donors (Lipinski definition) is 1. The predicted octanol–water partition coefficient (Wildman–Crippen LogP) is 1.53. The topological polar surface area (TPSA) is 57.6 Å². The van der Waals surface area contributed by atoms with E-state index in [1.165, 1.54) is 11.3 Å². The van der Waals surface area contributed by atoms with Crippen LogP contribution < -0.4 is 0 Å². The minimum absolute atomic E-state index is 0.197. The van der Waals surface area contributed by atoms with E-state index in [4.69, 9.17) is 5.11 Å². The number of piperidine rings is 1. The van der Waals surface area contributed by atoms with E-state index in [9.17, 15) is 8.42 Å². The fourth-order valence-electron chi connectivity index (χ4n) is 2.16. The molecule has 1 aromatic rings. The molecule has 2 heterocycles. The molecule has 6 heteroatoms. The minimum Gasteiger partial charge on any atom is -0.396 e. The maximum atomic E-state index is 12.2. The Balaban J connectivity index is 2.01. The van der Waals surface area contributed by atoms with Crippen molar-refractivity contribution in [3.8, 4) is 0 Å². The normalized spacial score (nSPS) is 19.6. The number of rotatable bonds is 4. The number of hydrogen-bond acceptors (Lipinski definition) is 4. The maximum Gasteiger partial charge on any atom is 0.252 e. The first-order chi connectivity index (χ1) is 8.14. The van der Waals surface area contributed by atoms with E-state index < -0.39 is 10.0 Å². The van der Waals surface area contributed by atoms with Gasteiger partial charge in [0.25, 0.3) is 10.0 Å². The first-order valence-electron chi connectivity index (χ1n) is 5.79. The largest absolute Gasteiger partial charge is 0.396 e. The van der Waals surface area contributed by atoms with Crippen molar-refractivity contribution in [3.05, 3.63) is 17.5 Å². The lowest BCUT2D eigenvalue weighted by atomic mass is 9.95. The molecule has 0 amide bonds. The molecule has 0 radical (unpaired) electrons. The highest BCUT2D eigenvalue weighted by molar-refractivity contribution is 7.91. The summed E-state index contributed by atoms with van der Waals surface area (Å²) in [7, 11) is -3.27. The van der Waals surface area contributed by atoms with E-state index in [1.54, 1.807) is 21.8 Å². The van der Waals surface area contributed by atoms with Crippen LogP contribution >= 0.6 is 11.3 Å². The van der Waals surface area contributed by atoms with Crippen LogP contribution in [0.25, 0.3) is 0 Å². The summed E-state index contributed by atoms with van der Waals surface area (Å²) in [5.74, 6) is 0.467. The van der Waals surface area contributed by atoms with Crippen molar-refractivity contribution in [1.29, 1.82) is 0 Å². The van der Waals surface area contributed by atoms with Gasteiger partial charge in [0.2, 0.25) is 0 Å².